The van der Waals surface area contributed by atoms with E-state index in [0.29, 0.717) is 0 Å². The first-order valence-corrected chi connectivity index (χ1v) is 6.78. The van der Waals surface area contributed by atoms with Crippen LogP contribution in [0, 0.1) is 11.8 Å². The second-order valence-corrected chi connectivity index (χ2v) is 5.21. The molecule has 0 aromatic rings. The Morgan fingerprint density at radius 1 is 1.27 bits per heavy atom. The number of rotatable bonds is 6. The van der Waals surface area contributed by atoms with E-state index in [0.717, 1.165) is 37.3 Å². The highest BCUT2D eigenvalue weighted by Crippen LogP contribution is 2.23. The van der Waals surface area contributed by atoms with Crippen molar-refractivity contribution in [3.63, 3.8) is 0 Å². The number of ether oxygens (including phenoxy) is 1. The lowest BCUT2D eigenvalue weighted by Crippen LogP contribution is -2.37. The summed E-state index contributed by atoms with van der Waals surface area (Å²) >= 11 is 4.12. The van der Waals surface area contributed by atoms with Gasteiger partial charge in [0.1, 0.15) is 0 Å². The molecule has 15 heavy (non-hydrogen) atoms. The van der Waals surface area contributed by atoms with E-state index < -0.39 is 0 Å². The average Bonchev–Trinajstić information content (AvgIpc) is 2.25. The minimum Gasteiger partial charge on any atom is -0.379 e. The molecule has 0 unspecified atom stereocenters. The number of thiol groups is 1. The highest BCUT2D eigenvalue weighted by Gasteiger charge is 2.20. The van der Waals surface area contributed by atoms with Crippen LogP contribution in [0.5, 0.6) is 0 Å². The Bertz CT molecular complexity index is 156. The molecule has 1 rings (SSSR count). The fourth-order valence-corrected chi connectivity index (χ4v) is 2.33. The average molecular weight is 231 g/mol. The van der Waals surface area contributed by atoms with Gasteiger partial charge in [-0.3, -0.25) is 0 Å². The van der Waals surface area contributed by atoms with Gasteiger partial charge in [-0.1, -0.05) is 13.8 Å². The second kappa shape index (κ2) is 7.53. The Labute approximate surface area is 99.8 Å². The normalized spacial score (nSPS) is 20.0. The largest absolute Gasteiger partial charge is 0.379 e. The van der Waals surface area contributed by atoms with Gasteiger partial charge in [0, 0.05) is 12.3 Å². The summed E-state index contributed by atoms with van der Waals surface area (Å²) in [5.74, 6) is 2.63. The van der Waals surface area contributed by atoms with E-state index in [1.807, 2.05) is 0 Å². The van der Waals surface area contributed by atoms with Gasteiger partial charge in [0.15, 0.2) is 0 Å². The van der Waals surface area contributed by atoms with Crippen LogP contribution in [0.1, 0.15) is 26.7 Å². The van der Waals surface area contributed by atoms with E-state index in [1.165, 1.54) is 25.9 Å². The highest BCUT2D eigenvalue weighted by atomic mass is 32.1. The number of piperidine rings is 1. The third-order valence-corrected chi connectivity index (χ3v) is 3.55. The number of hydrogen-bond acceptors (Lipinski definition) is 3. The molecule has 0 aromatic heterocycles. The van der Waals surface area contributed by atoms with Gasteiger partial charge in [-0.25, -0.2) is 0 Å². The first-order valence-electron chi connectivity index (χ1n) is 6.15. The Balaban J connectivity index is 2.04. The van der Waals surface area contributed by atoms with Gasteiger partial charge in [-0.2, -0.15) is 12.6 Å². The van der Waals surface area contributed by atoms with Gasteiger partial charge in [0.25, 0.3) is 0 Å². The zero-order valence-corrected chi connectivity index (χ0v) is 11.0. The summed E-state index contributed by atoms with van der Waals surface area (Å²) in [5, 5.41) is 0. The molecule has 90 valence electrons. The molecule has 0 atom stereocenters. The summed E-state index contributed by atoms with van der Waals surface area (Å²) in [6.07, 6.45) is 2.73. The maximum atomic E-state index is 5.44. The topological polar surface area (TPSA) is 12.5 Å². The molecule has 0 aliphatic carbocycles. The van der Waals surface area contributed by atoms with E-state index in [1.54, 1.807) is 0 Å². The van der Waals surface area contributed by atoms with E-state index in [9.17, 15) is 0 Å². The lowest BCUT2D eigenvalue weighted by atomic mass is 9.87. The van der Waals surface area contributed by atoms with Crippen molar-refractivity contribution >= 4 is 12.6 Å². The van der Waals surface area contributed by atoms with Crippen LogP contribution in [0.4, 0.5) is 0 Å². The molecule has 1 heterocycles. The van der Waals surface area contributed by atoms with Crippen molar-refractivity contribution in [2.45, 2.75) is 26.7 Å². The summed E-state index contributed by atoms with van der Waals surface area (Å²) in [4.78, 5) is 2.53. The highest BCUT2D eigenvalue weighted by molar-refractivity contribution is 7.80. The van der Waals surface area contributed by atoms with Crippen molar-refractivity contribution in [3.05, 3.63) is 0 Å². The van der Waals surface area contributed by atoms with Crippen LogP contribution < -0.4 is 0 Å². The SMILES string of the molecule is CC(C)C1CCN(CCOCCS)CC1. The van der Waals surface area contributed by atoms with Crippen molar-refractivity contribution in [1.82, 2.24) is 4.90 Å². The number of hydrogen-bond donors (Lipinski definition) is 1. The van der Waals surface area contributed by atoms with Gasteiger partial charge in [0.2, 0.25) is 0 Å². The lowest BCUT2D eigenvalue weighted by molar-refractivity contribution is 0.0906. The number of nitrogens with zero attached hydrogens (tertiary/aromatic N) is 1. The van der Waals surface area contributed by atoms with Crippen molar-refractivity contribution in [2.24, 2.45) is 11.8 Å². The minimum absolute atomic E-state index is 0.783. The first kappa shape index (κ1) is 13.3. The van der Waals surface area contributed by atoms with Crippen molar-refractivity contribution in [2.75, 3.05) is 38.6 Å². The van der Waals surface area contributed by atoms with Crippen molar-refractivity contribution < 1.29 is 4.74 Å². The molecule has 0 saturated carbocycles. The monoisotopic (exact) mass is 231 g/mol. The lowest BCUT2D eigenvalue weighted by Gasteiger charge is -2.33. The molecule has 0 N–H and O–H groups in total. The molecular weight excluding hydrogens is 206 g/mol. The van der Waals surface area contributed by atoms with Gasteiger partial charge >= 0.3 is 0 Å². The summed E-state index contributed by atoms with van der Waals surface area (Å²) in [5.41, 5.74) is 0. The molecule has 0 amide bonds. The second-order valence-electron chi connectivity index (χ2n) is 4.76. The zero-order chi connectivity index (χ0) is 11.1. The maximum Gasteiger partial charge on any atom is 0.0593 e. The summed E-state index contributed by atoms with van der Waals surface area (Å²) in [6, 6.07) is 0. The summed E-state index contributed by atoms with van der Waals surface area (Å²) in [7, 11) is 0. The number of likely N-dealkylation sites (tertiary alicyclic amines) is 1. The van der Waals surface area contributed by atoms with Gasteiger partial charge in [-0.15, -0.1) is 0 Å². The molecule has 1 aliphatic rings. The van der Waals surface area contributed by atoms with Gasteiger partial charge in [-0.05, 0) is 37.8 Å². The molecule has 1 aliphatic heterocycles. The fraction of sp³-hybridized carbons (Fsp3) is 1.00. The third kappa shape index (κ3) is 5.23. The minimum atomic E-state index is 0.783. The van der Waals surface area contributed by atoms with E-state index in [4.69, 9.17) is 4.74 Å². The Morgan fingerprint density at radius 2 is 1.93 bits per heavy atom. The predicted molar refractivity (Wildman–Crippen MR) is 68.7 cm³/mol. The van der Waals surface area contributed by atoms with Crippen molar-refractivity contribution in [3.8, 4) is 0 Å². The van der Waals surface area contributed by atoms with Crippen LogP contribution in [-0.4, -0.2) is 43.5 Å². The fourth-order valence-electron chi connectivity index (χ4n) is 2.20. The Morgan fingerprint density at radius 3 is 2.47 bits per heavy atom. The molecular formula is C12H25NOS. The molecule has 0 aromatic carbocycles. The first-order chi connectivity index (χ1) is 7.24. The van der Waals surface area contributed by atoms with Gasteiger partial charge in [0.05, 0.1) is 13.2 Å². The maximum absolute atomic E-state index is 5.44. The van der Waals surface area contributed by atoms with Crippen LogP contribution >= 0.6 is 12.6 Å². The van der Waals surface area contributed by atoms with E-state index in [2.05, 4.69) is 31.4 Å². The molecule has 0 spiro atoms. The van der Waals surface area contributed by atoms with Crippen LogP contribution in [-0.2, 0) is 4.74 Å². The van der Waals surface area contributed by atoms with Gasteiger partial charge < -0.3 is 9.64 Å². The van der Waals surface area contributed by atoms with E-state index >= 15 is 0 Å². The van der Waals surface area contributed by atoms with Crippen LogP contribution in [0.2, 0.25) is 0 Å². The smallest absolute Gasteiger partial charge is 0.0593 e. The summed E-state index contributed by atoms with van der Waals surface area (Å²) < 4.78 is 5.44. The Hall–Kier alpha value is 0.270. The molecule has 3 heteroatoms. The molecule has 2 nitrogen and oxygen atoms in total. The van der Waals surface area contributed by atoms with Crippen LogP contribution in [0.15, 0.2) is 0 Å². The molecule has 1 saturated heterocycles. The molecule has 1 fully saturated rings. The van der Waals surface area contributed by atoms with Crippen molar-refractivity contribution in [1.29, 1.82) is 0 Å². The third-order valence-electron chi connectivity index (χ3n) is 3.36. The Kier molecular flexibility index (Phi) is 6.69. The summed E-state index contributed by atoms with van der Waals surface area (Å²) in [6.45, 7) is 9.95. The van der Waals surface area contributed by atoms with Crippen LogP contribution in [0.25, 0.3) is 0 Å². The van der Waals surface area contributed by atoms with E-state index in [-0.39, 0.29) is 0 Å². The predicted octanol–water partition coefficient (Wildman–Crippen LogP) is 2.30. The van der Waals surface area contributed by atoms with Crippen LogP contribution in [0.3, 0.4) is 0 Å². The molecule has 0 radical (unpaired) electrons. The standard InChI is InChI=1S/C12H25NOS/c1-11(2)12-3-5-13(6-4-12)7-8-14-9-10-15/h11-12,15H,3-10H2,1-2H3. The quantitative estimate of drug-likeness (QED) is 0.556. The zero-order valence-electron chi connectivity index (χ0n) is 10.1. The molecule has 0 bridgehead atoms.